The lowest BCUT2D eigenvalue weighted by atomic mass is 10.0. The maximum atomic E-state index is 13.2. The first-order valence-corrected chi connectivity index (χ1v) is 8.21. The smallest absolute Gasteiger partial charge is 0.220 e. The maximum Gasteiger partial charge on any atom is 0.220 e. The number of rotatable bonds is 6. The van der Waals surface area contributed by atoms with Gasteiger partial charge in [-0.2, -0.15) is 0 Å². The van der Waals surface area contributed by atoms with E-state index in [2.05, 4.69) is 10.6 Å². The zero-order valence-corrected chi connectivity index (χ0v) is 12.6. The van der Waals surface area contributed by atoms with Crippen LogP contribution in [0.15, 0.2) is 23.1 Å². The van der Waals surface area contributed by atoms with Crippen LogP contribution in [0.5, 0.6) is 0 Å². The average molecular weight is 296 g/mol. The lowest BCUT2D eigenvalue weighted by Crippen LogP contribution is -2.23. The number of carbonyl (C=O) groups is 1. The Morgan fingerprint density at radius 3 is 3.10 bits per heavy atom. The molecule has 20 heavy (non-hydrogen) atoms. The van der Waals surface area contributed by atoms with Gasteiger partial charge in [0.1, 0.15) is 5.82 Å². The Morgan fingerprint density at radius 2 is 2.40 bits per heavy atom. The standard InChI is InChI=1S/C15H21FN2OS/c1-20-14-4-3-13(16)8-12(14)10-18-15(19)5-2-11-6-7-17-9-11/h3-4,8,11,17H,2,5-7,9-10H2,1H3,(H,18,19). The minimum atomic E-state index is -0.260. The third-order valence-electron chi connectivity index (χ3n) is 3.66. The Labute approximate surface area is 123 Å². The van der Waals surface area contributed by atoms with Crippen molar-refractivity contribution in [3.8, 4) is 0 Å². The van der Waals surface area contributed by atoms with E-state index in [1.807, 2.05) is 6.26 Å². The second-order valence-corrected chi connectivity index (χ2v) is 5.98. The average Bonchev–Trinajstić information content (AvgIpc) is 2.96. The monoisotopic (exact) mass is 296 g/mol. The summed E-state index contributed by atoms with van der Waals surface area (Å²) in [5.41, 5.74) is 0.841. The number of thioether (sulfide) groups is 1. The van der Waals surface area contributed by atoms with E-state index in [1.165, 1.54) is 12.1 Å². The van der Waals surface area contributed by atoms with E-state index >= 15 is 0 Å². The fourth-order valence-corrected chi connectivity index (χ4v) is 3.06. The SMILES string of the molecule is CSc1ccc(F)cc1CNC(=O)CCC1CCNC1. The summed E-state index contributed by atoms with van der Waals surface area (Å²) in [5, 5.41) is 6.18. The van der Waals surface area contributed by atoms with Gasteiger partial charge in [0.15, 0.2) is 0 Å². The number of hydrogen-bond acceptors (Lipinski definition) is 3. The van der Waals surface area contributed by atoms with Crippen molar-refractivity contribution >= 4 is 17.7 Å². The fourth-order valence-electron chi connectivity index (χ4n) is 2.46. The van der Waals surface area contributed by atoms with Crippen LogP contribution in [-0.4, -0.2) is 25.3 Å². The van der Waals surface area contributed by atoms with Crippen LogP contribution in [0.1, 0.15) is 24.8 Å². The molecule has 2 rings (SSSR count). The Balaban J connectivity index is 1.78. The van der Waals surface area contributed by atoms with Crippen LogP contribution in [0.2, 0.25) is 0 Å². The molecule has 1 aliphatic rings. The van der Waals surface area contributed by atoms with Crippen LogP contribution in [0.25, 0.3) is 0 Å². The summed E-state index contributed by atoms with van der Waals surface area (Å²) in [7, 11) is 0. The zero-order chi connectivity index (χ0) is 14.4. The molecule has 2 N–H and O–H groups in total. The van der Waals surface area contributed by atoms with Gasteiger partial charge >= 0.3 is 0 Å². The summed E-state index contributed by atoms with van der Waals surface area (Å²) < 4.78 is 13.2. The maximum absolute atomic E-state index is 13.2. The van der Waals surface area contributed by atoms with E-state index in [0.717, 1.165) is 36.4 Å². The van der Waals surface area contributed by atoms with E-state index in [4.69, 9.17) is 0 Å². The fraction of sp³-hybridized carbons (Fsp3) is 0.533. The molecule has 0 spiro atoms. The number of benzene rings is 1. The minimum absolute atomic E-state index is 0.0493. The Morgan fingerprint density at radius 1 is 1.55 bits per heavy atom. The van der Waals surface area contributed by atoms with Crippen LogP contribution < -0.4 is 10.6 Å². The summed E-state index contributed by atoms with van der Waals surface area (Å²) >= 11 is 1.56. The molecule has 1 aromatic carbocycles. The molecule has 1 heterocycles. The van der Waals surface area contributed by atoms with Crippen LogP contribution in [0.4, 0.5) is 4.39 Å². The van der Waals surface area contributed by atoms with E-state index in [-0.39, 0.29) is 11.7 Å². The summed E-state index contributed by atoms with van der Waals surface area (Å²) in [4.78, 5) is 12.8. The van der Waals surface area contributed by atoms with Gasteiger partial charge in [-0.25, -0.2) is 4.39 Å². The quantitative estimate of drug-likeness (QED) is 0.793. The van der Waals surface area contributed by atoms with Gasteiger partial charge in [0.25, 0.3) is 0 Å². The molecule has 1 atom stereocenters. The van der Waals surface area contributed by atoms with Crippen molar-refractivity contribution in [3.63, 3.8) is 0 Å². The Hall–Kier alpha value is -1.07. The molecule has 5 heteroatoms. The minimum Gasteiger partial charge on any atom is -0.352 e. The first kappa shape index (κ1) is 15.3. The van der Waals surface area contributed by atoms with E-state index in [9.17, 15) is 9.18 Å². The highest BCUT2D eigenvalue weighted by atomic mass is 32.2. The highest BCUT2D eigenvalue weighted by Gasteiger charge is 2.15. The van der Waals surface area contributed by atoms with Crippen molar-refractivity contribution in [3.05, 3.63) is 29.6 Å². The molecular weight excluding hydrogens is 275 g/mol. The number of amides is 1. The van der Waals surface area contributed by atoms with Crippen molar-refractivity contribution in [2.75, 3.05) is 19.3 Å². The van der Waals surface area contributed by atoms with Gasteiger partial charge in [0.05, 0.1) is 0 Å². The molecule has 3 nitrogen and oxygen atoms in total. The first-order valence-electron chi connectivity index (χ1n) is 6.99. The van der Waals surface area contributed by atoms with Gasteiger partial charge in [-0.3, -0.25) is 4.79 Å². The lowest BCUT2D eigenvalue weighted by Gasteiger charge is -2.11. The number of nitrogens with one attached hydrogen (secondary N) is 2. The number of hydrogen-bond donors (Lipinski definition) is 2. The Bertz CT molecular complexity index is 461. The predicted molar refractivity (Wildman–Crippen MR) is 80.2 cm³/mol. The summed E-state index contributed by atoms with van der Waals surface area (Å²) in [6, 6.07) is 4.70. The third-order valence-corrected chi connectivity index (χ3v) is 4.50. The van der Waals surface area contributed by atoms with Crippen molar-refractivity contribution in [2.24, 2.45) is 5.92 Å². The van der Waals surface area contributed by atoms with Crippen LogP contribution in [-0.2, 0) is 11.3 Å². The van der Waals surface area contributed by atoms with Crippen molar-refractivity contribution in [2.45, 2.75) is 30.7 Å². The third kappa shape index (κ3) is 4.49. The highest BCUT2D eigenvalue weighted by Crippen LogP contribution is 2.21. The van der Waals surface area contributed by atoms with Crippen LogP contribution >= 0.6 is 11.8 Å². The molecular formula is C15H21FN2OS. The number of carbonyl (C=O) groups excluding carboxylic acids is 1. The van der Waals surface area contributed by atoms with Gasteiger partial charge in [-0.1, -0.05) is 0 Å². The molecule has 1 unspecified atom stereocenters. The molecule has 1 saturated heterocycles. The van der Waals surface area contributed by atoms with E-state index in [1.54, 1.807) is 17.8 Å². The van der Waals surface area contributed by atoms with Crippen molar-refractivity contribution in [1.82, 2.24) is 10.6 Å². The van der Waals surface area contributed by atoms with Crippen molar-refractivity contribution in [1.29, 1.82) is 0 Å². The van der Waals surface area contributed by atoms with E-state index < -0.39 is 0 Å². The van der Waals surface area contributed by atoms with Gasteiger partial charge < -0.3 is 10.6 Å². The molecule has 1 amide bonds. The topological polar surface area (TPSA) is 41.1 Å². The molecule has 110 valence electrons. The molecule has 1 fully saturated rings. The first-order chi connectivity index (χ1) is 9.69. The van der Waals surface area contributed by atoms with Gasteiger partial charge in [-0.05, 0) is 61.9 Å². The molecule has 0 aliphatic carbocycles. The van der Waals surface area contributed by atoms with Crippen molar-refractivity contribution < 1.29 is 9.18 Å². The molecule has 0 aromatic heterocycles. The van der Waals surface area contributed by atoms with Gasteiger partial charge in [-0.15, -0.1) is 11.8 Å². The largest absolute Gasteiger partial charge is 0.352 e. The van der Waals surface area contributed by atoms with Gasteiger partial charge in [0.2, 0.25) is 5.91 Å². The zero-order valence-electron chi connectivity index (χ0n) is 11.7. The normalized spacial score (nSPS) is 18.2. The molecule has 1 aliphatic heterocycles. The molecule has 0 saturated carbocycles. The lowest BCUT2D eigenvalue weighted by molar-refractivity contribution is -0.121. The second-order valence-electron chi connectivity index (χ2n) is 5.13. The van der Waals surface area contributed by atoms with E-state index in [0.29, 0.717) is 18.9 Å². The summed E-state index contributed by atoms with van der Waals surface area (Å²) in [6.07, 6.45) is 4.59. The predicted octanol–water partition coefficient (Wildman–Crippen LogP) is 2.55. The Kier molecular flexibility index (Phi) is 5.86. The van der Waals surface area contributed by atoms with Crippen LogP contribution in [0, 0.1) is 11.7 Å². The van der Waals surface area contributed by atoms with Gasteiger partial charge in [0, 0.05) is 17.9 Å². The van der Waals surface area contributed by atoms with Crippen LogP contribution in [0.3, 0.4) is 0 Å². The summed E-state index contributed by atoms with van der Waals surface area (Å²) in [6.45, 7) is 2.48. The molecule has 0 bridgehead atoms. The summed E-state index contributed by atoms with van der Waals surface area (Å²) in [5.74, 6) is 0.411. The molecule has 0 radical (unpaired) electrons. The highest BCUT2D eigenvalue weighted by molar-refractivity contribution is 7.98. The molecule has 1 aromatic rings. The second kappa shape index (κ2) is 7.64. The number of halogens is 1.